The maximum atomic E-state index is 11.5. The normalized spacial score (nSPS) is 29.8. The van der Waals surface area contributed by atoms with Crippen molar-refractivity contribution >= 4 is 5.97 Å². The molecule has 0 amide bonds. The maximum Gasteiger partial charge on any atom is 0.332 e. The number of fused-ring (bicyclic) bond motifs is 1. The third-order valence-electron chi connectivity index (χ3n) is 4.31. The third-order valence-corrected chi connectivity index (χ3v) is 4.31. The standard InChI is InChI=1S/C16H24O2/c1-9(2)10-6-11-8-13(12(11)7-10)14(15(17)18)16(3,4)5/h7,9,11-12H,6,8H2,1-5H3,(H,17,18)/t11-,12-/m0/s1. The third kappa shape index (κ3) is 2.13. The van der Waals surface area contributed by atoms with E-state index in [1.165, 1.54) is 17.6 Å². The summed E-state index contributed by atoms with van der Waals surface area (Å²) in [6.45, 7) is 10.4. The number of carboxylic acids is 1. The highest BCUT2D eigenvalue weighted by Crippen LogP contribution is 2.53. The zero-order valence-corrected chi connectivity index (χ0v) is 12.1. The first-order valence-electron chi connectivity index (χ1n) is 6.89. The predicted molar refractivity (Wildman–Crippen MR) is 73.3 cm³/mol. The number of hydrogen-bond acceptors (Lipinski definition) is 1. The van der Waals surface area contributed by atoms with E-state index >= 15 is 0 Å². The number of allylic oxidation sites excluding steroid dienone is 3. The average molecular weight is 248 g/mol. The van der Waals surface area contributed by atoms with Crippen LogP contribution in [0.25, 0.3) is 0 Å². The molecule has 0 spiro atoms. The Kier molecular flexibility index (Phi) is 3.16. The van der Waals surface area contributed by atoms with Crippen molar-refractivity contribution in [1.82, 2.24) is 0 Å². The summed E-state index contributed by atoms with van der Waals surface area (Å²) in [6.07, 6.45) is 4.49. The summed E-state index contributed by atoms with van der Waals surface area (Å²) < 4.78 is 0. The molecule has 2 aliphatic rings. The van der Waals surface area contributed by atoms with Crippen LogP contribution in [0.1, 0.15) is 47.5 Å². The summed E-state index contributed by atoms with van der Waals surface area (Å²) in [5.41, 5.74) is 3.07. The quantitative estimate of drug-likeness (QED) is 0.591. The molecule has 0 heterocycles. The van der Waals surface area contributed by atoms with Gasteiger partial charge in [0.25, 0.3) is 0 Å². The van der Waals surface area contributed by atoms with Gasteiger partial charge in [0.05, 0.1) is 0 Å². The molecule has 0 unspecified atom stereocenters. The first-order chi connectivity index (χ1) is 8.21. The van der Waals surface area contributed by atoms with Crippen molar-refractivity contribution in [3.8, 4) is 0 Å². The van der Waals surface area contributed by atoms with Crippen LogP contribution >= 0.6 is 0 Å². The fourth-order valence-corrected chi connectivity index (χ4v) is 3.34. The summed E-state index contributed by atoms with van der Waals surface area (Å²) in [5, 5.41) is 9.46. The lowest BCUT2D eigenvalue weighted by Gasteiger charge is -2.38. The fourth-order valence-electron chi connectivity index (χ4n) is 3.34. The van der Waals surface area contributed by atoms with Gasteiger partial charge < -0.3 is 5.11 Å². The highest BCUT2D eigenvalue weighted by Gasteiger charge is 2.44. The molecule has 0 aromatic carbocycles. The molecule has 0 radical (unpaired) electrons. The highest BCUT2D eigenvalue weighted by molar-refractivity contribution is 5.89. The molecule has 2 heteroatoms. The highest BCUT2D eigenvalue weighted by atomic mass is 16.4. The van der Waals surface area contributed by atoms with Crippen LogP contribution in [0.4, 0.5) is 0 Å². The van der Waals surface area contributed by atoms with Gasteiger partial charge in [-0.1, -0.05) is 51.8 Å². The second kappa shape index (κ2) is 4.25. The van der Waals surface area contributed by atoms with Gasteiger partial charge in [0.1, 0.15) is 0 Å². The van der Waals surface area contributed by atoms with E-state index in [4.69, 9.17) is 0 Å². The first-order valence-corrected chi connectivity index (χ1v) is 6.89. The van der Waals surface area contributed by atoms with Gasteiger partial charge in [0.15, 0.2) is 0 Å². The van der Waals surface area contributed by atoms with Crippen LogP contribution < -0.4 is 0 Å². The molecule has 1 saturated carbocycles. The summed E-state index contributed by atoms with van der Waals surface area (Å²) >= 11 is 0. The Labute approximate surface area is 110 Å². The second-order valence-electron chi connectivity index (χ2n) is 7.05. The summed E-state index contributed by atoms with van der Waals surface area (Å²) in [4.78, 5) is 11.5. The van der Waals surface area contributed by atoms with Crippen molar-refractivity contribution in [1.29, 1.82) is 0 Å². The molecular weight excluding hydrogens is 224 g/mol. The molecule has 2 rings (SSSR count). The molecule has 1 N–H and O–H groups in total. The van der Waals surface area contributed by atoms with Crippen LogP contribution in [0.5, 0.6) is 0 Å². The number of rotatable bonds is 2. The molecule has 0 bridgehead atoms. The number of aliphatic carboxylic acids is 1. The summed E-state index contributed by atoms with van der Waals surface area (Å²) in [6, 6.07) is 0. The minimum Gasteiger partial charge on any atom is -0.478 e. The molecule has 2 aliphatic carbocycles. The molecule has 0 aromatic rings. The largest absolute Gasteiger partial charge is 0.478 e. The molecule has 100 valence electrons. The van der Waals surface area contributed by atoms with Gasteiger partial charge in [0.2, 0.25) is 0 Å². The molecule has 2 atom stereocenters. The number of hydrogen-bond donors (Lipinski definition) is 1. The molecule has 0 aromatic heterocycles. The lowest BCUT2D eigenvalue weighted by Crippen LogP contribution is -2.31. The number of carbonyl (C=O) groups is 1. The van der Waals surface area contributed by atoms with Gasteiger partial charge in [-0.05, 0) is 30.1 Å². The Morgan fingerprint density at radius 2 is 1.94 bits per heavy atom. The molecule has 0 saturated heterocycles. The molecule has 2 nitrogen and oxygen atoms in total. The Balaban J connectivity index is 2.34. The SMILES string of the molecule is CC(C)C1=C[C@@H]2C(=C(C(=O)O)C(C)(C)C)C[C@@H]2C1. The van der Waals surface area contributed by atoms with Crippen LogP contribution in [-0.2, 0) is 4.79 Å². The van der Waals surface area contributed by atoms with E-state index in [0.29, 0.717) is 23.3 Å². The van der Waals surface area contributed by atoms with Crippen molar-refractivity contribution in [2.45, 2.75) is 47.5 Å². The van der Waals surface area contributed by atoms with Gasteiger partial charge >= 0.3 is 5.97 Å². The smallest absolute Gasteiger partial charge is 0.332 e. The minimum absolute atomic E-state index is 0.263. The molecule has 0 aliphatic heterocycles. The van der Waals surface area contributed by atoms with Crippen LogP contribution in [0, 0.1) is 23.2 Å². The van der Waals surface area contributed by atoms with Crippen molar-refractivity contribution < 1.29 is 9.90 Å². The van der Waals surface area contributed by atoms with Gasteiger partial charge in [-0.25, -0.2) is 4.79 Å². The van der Waals surface area contributed by atoms with Gasteiger partial charge in [-0.15, -0.1) is 0 Å². The topological polar surface area (TPSA) is 37.3 Å². The van der Waals surface area contributed by atoms with E-state index in [1.807, 2.05) is 20.8 Å². The zero-order valence-electron chi connectivity index (χ0n) is 12.1. The van der Waals surface area contributed by atoms with Gasteiger partial charge in [0, 0.05) is 11.5 Å². The lowest BCUT2D eigenvalue weighted by molar-refractivity contribution is -0.133. The van der Waals surface area contributed by atoms with Gasteiger partial charge in [-0.2, -0.15) is 0 Å². The monoisotopic (exact) mass is 248 g/mol. The van der Waals surface area contributed by atoms with E-state index in [9.17, 15) is 9.90 Å². The zero-order chi connectivity index (χ0) is 13.7. The van der Waals surface area contributed by atoms with Crippen molar-refractivity contribution in [3.63, 3.8) is 0 Å². The minimum atomic E-state index is -0.734. The van der Waals surface area contributed by atoms with Crippen molar-refractivity contribution in [3.05, 3.63) is 22.8 Å². The van der Waals surface area contributed by atoms with E-state index in [-0.39, 0.29) is 5.41 Å². The Morgan fingerprint density at radius 3 is 2.39 bits per heavy atom. The number of carboxylic acid groups (broad SMARTS) is 1. The van der Waals surface area contributed by atoms with Crippen molar-refractivity contribution in [2.75, 3.05) is 0 Å². The molecular formula is C16H24O2. The Morgan fingerprint density at radius 1 is 1.33 bits per heavy atom. The van der Waals surface area contributed by atoms with Crippen LogP contribution in [0.2, 0.25) is 0 Å². The average Bonchev–Trinajstić information content (AvgIpc) is 2.49. The lowest BCUT2D eigenvalue weighted by atomic mass is 9.65. The second-order valence-corrected chi connectivity index (χ2v) is 7.05. The Hall–Kier alpha value is -1.05. The van der Waals surface area contributed by atoms with Crippen LogP contribution in [-0.4, -0.2) is 11.1 Å². The predicted octanol–water partition coefficient (Wildman–Crippen LogP) is 4.04. The maximum absolute atomic E-state index is 11.5. The van der Waals surface area contributed by atoms with E-state index in [2.05, 4.69) is 19.9 Å². The van der Waals surface area contributed by atoms with Gasteiger partial charge in [-0.3, -0.25) is 0 Å². The fraction of sp³-hybridized carbons (Fsp3) is 0.688. The Bertz CT molecular complexity index is 433. The van der Waals surface area contributed by atoms with Crippen molar-refractivity contribution in [2.24, 2.45) is 23.2 Å². The summed E-state index contributed by atoms with van der Waals surface area (Å²) in [7, 11) is 0. The first kappa shape index (κ1) is 13.4. The molecule has 1 fully saturated rings. The molecule has 18 heavy (non-hydrogen) atoms. The van der Waals surface area contributed by atoms with Crippen LogP contribution in [0.3, 0.4) is 0 Å². The van der Waals surface area contributed by atoms with Crippen LogP contribution in [0.15, 0.2) is 22.8 Å². The van der Waals surface area contributed by atoms with E-state index in [1.54, 1.807) is 0 Å². The van der Waals surface area contributed by atoms with E-state index in [0.717, 1.165) is 6.42 Å². The summed E-state index contributed by atoms with van der Waals surface area (Å²) in [5.74, 6) is 0.948. The van der Waals surface area contributed by atoms with E-state index < -0.39 is 5.97 Å².